The molecule has 0 heterocycles. The van der Waals surface area contributed by atoms with E-state index in [-0.39, 0.29) is 5.75 Å². The van der Waals surface area contributed by atoms with Crippen LogP contribution < -0.4 is 0 Å². The second-order valence-corrected chi connectivity index (χ2v) is 4.56. The van der Waals surface area contributed by atoms with Gasteiger partial charge in [0.2, 0.25) is 0 Å². The van der Waals surface area contributed by atoms with E-state index in [4.69, 9.17) is 0 Å². The SMILES string of the molecule is Cc1cccc(O)c1C1(O)CCCCC1. The van der Waals surface area contributed by atoms with Crippen LogP contribution in [0.4, 0.5) is 0 Å². The zero-order valence-electron chi connectivity index (χ0n) is 9.16. The van der Waals surface area contributed by atoms with E-state index in [9.17, 15) is 10.2 Å². The van der Waals surface area contributed by atoms with E-state index in [1.807, 2.05) is 19.1 Å². The van der Waals surface area contributed by atoms with Gasteiger partial charge in [0, 0.05) is 5.56 Å². The summed E-state index contributed by atoms with van der Waals surface area (Å²) in [5.74, 6) is 0.236. The molecule has 0 aromatic heterocycles. The summed E-state index contributed by atoms with van der Waals surface area (Å²) < 4.78 is 0. The molecule has 2 nitrogen and oxygen atoms in total. The first kappa shape index (κ1) is 10.5. The Bertz CT molecular complexity index is 331. The van der Waals surface area contributed by atoms with E-state index < -0.39 is 5.60 Å². The molecule has 0 amide bonds. The molecule has 1 aromatic rings. The molecule has 0 saturated heterocycles. The molecule has 0 spiro atoms. The summed E-state index contributed by atoms with van der Waals surface area (Å²) in [6, 6.07) is 5.43. The average Bonchev–Trinajstić information content (AvgIpc) is 2.18. The Kier molecular flexibility index (Phi) is 2.70. The fourth-order valence-corrected chi connectivity index (χ4v) is 2.64. The summed E-state index contributed by atoms with van der Waals surface area (Å²) in [4.78, 5) is 0. The van der Waals surface area contributed by atoms with Crippen LogP contribution in [0.25, 0.3) is 0 Å². The third-order valence-electron chi connectivity index (χ3n) is 3.40. The standard InChI is InChI=1S/C13H18O2/c1-10-6-5-7-11(14)12(10)13(15)8-3-2-4-9-13/h5-7,14-15H,2-4,8-9H2,1H3. The van der Waals surface area contributed by atoms with Gasteiger partial charge in [-0.1, -0.05) is 31.4 Å². The number of hydrogen-bond acceptors (Lipinski definition) is 2. The van der Waals surface area contributed by atoms with E-state index in [1.54, 1.807) is 6.07 Å². The Hall–Kier alpha value is -1.02. The zero-order chi connectivity index (χ0) is 10.9. The van der Waals surface area contributed by atoms with Crippen molar-refractivity contribution in [3.63, 3.8) is 0 Å². The van der Waals surface area contributed by atoms with Gasteiger partial charge in [-0.3, -0.25) is 0 Å². The number of aryl methyl sites for hydroxylation is 1. The third kappa shape index (κ3) is 1.86. The van der Waals surface area contributed by atoms with Crippen molar-refractivity contribution in [2.24, 2.45) is 0 Å². The van der Waals surface area contributed by atoms with Gasteiger partial charge in [0.05, 0.1) is 5.60 Å². The first-order chi connectivity index (χ1) is 7.13. The van der Waals surface area contributed by atoms with Crippen LogP contribution in [0.3, 0.4) is 0 Å². The maximum absolute atomic E-state index is 10.5. The fourth-order valence-electron chi connectivity index (χ4n) is 2.64. The minimum Gasteiger partial charge on any atom is -0.508 e. The number of phenols is 1. The van der Waals surface area contributed by atoms with Crippen molar-refractivity contribution >= 4 is 0 Å². The van der Waals surface area contributed by atoms with E-state index in [2.05, 4.69) is 0 Å². The molecule has 0 radical (unpaired) electrons. The van der Waals surface area contributed by atoms with Gasteiger partial charge < -0.3 is 10.2 Å². The number of rotatable bonds is 1. The Morgan fingerprint density at radius 2 is 1.80 bits per heavy atom. The Balaban J connectivity index is 2.42. The second kappa shape index (κ2) is 3.86. The van der Waals surface area contributed by atoms with Gasteiger partial charge in [-0.2, -0.15) is 0 Å². The van der Waals surface area contributed by atoms with E-state index >= 15 is 0 Å². The number of aliphatic hydroxyl groups is 1. The monoisotopic (exact) mass is 206 g/mol. The van der Waals surface area contributed by atoms with Crippen LogP contribution in [0, 0.1) is 6.92 Å². The molecule has 15 heavy (non-hydrogen) atoms. The van der Waals surface area contributed by atoms with Gasteiger partial charge in [-0.05, 0) is 31.4 Å². The third-order valence-corrected chi connectivity index (χ3v) is 3.40. The lowest BCUT2D eigenvalue weighted by atomic mass is 9.78. The van der Waals surface area contributed by atoms with E-state index in [0.717, 1.165) is 36.8 Å². The van der Waals surface area contributed by atoms with Gasteiger partial charge in [-0.25, -0.2) is 0 Å². The van der Waals surface area contributed by atoms with E-state index in [0.29, 0.717) is 0 Å². The average molecular weight is 206 g/mol. The van der Waals surface area contributed by atoms with Gasteiger partial charge >= 0.3 is 0 Å². The quantitative estimate of drug-likeness (QED) is 0.741. The fraction of sp³-hybridized carbons (Fsp3) is 0.538. The first-order valence-corrected chi connectivity index (χ1v) is 5.65. The van der Waals surface area contributed by atoms with Crippen LogP contribution in [-0.4, -0.2) is 10.2 Å². The van der Waals surface area contributed by atoms with Crippen molar-refractivity contribution in [3.05, 3.63) is 29.3 Å². The molecule has 2 N–H and O–H groups in total. The summed E-state index contributed by atoms with van der Waals surface area (Å²) in [6.07, 6.45) is 4.82. The summed E-state index contributed by atoms with van der Waals surface area (Å²) in [7, 11) is 0. The van der Waals surface area contributed by atoms with Crippen LogP contribution in [0.15, 0.2) is 18.2 Å². The van der Waals surface area contributed by atoms with Crippen molar-refractivity contribution in [3.8, 4) is 5.75 Å². The van der Waals surface area contributed by atoms with Crippen LogP contribution in [-0.2, 0) is 5.60 Å². The van der Waals surface area contributed by atoms with Crippen molar-refractivity contribution in [2.75, 3.05) is 0 Å². The molecule has 2 heteroatoms. The molecule has 0 aliphatic heterocycles. The van der Waals surface area contributed by atoms with E-state index in [1.165, 1.54) is 6.42 Å². The minimum atomic E-state index is -0.798. The van der Waals surface area contributed by atoms with Crippen LogP contribution in [0.1, 0.15) is 43.2 Å². The van der Waals surface area contributed by atoms with Gasteiger partial charge in [0.1, 0.15) is 5.75 Å². The smallest absolute Gasteiger partial charge is 0.121 e. The number of benzene rings is 1. The molecule has 1 aliphatic rings. The Morgan fingerprint density at radius 3 is 2.40 bits per heavy atom. The van der Waals surface area contributed by atoms with Crippen LogP contribution >= 0.6 is 0 Å². The summed E-state index contributed by atoms with van der Waals surface area (Å²) >= 11 is 0. The molecular formula is C13H18O2. The van der Waals surface area contributed by atoms with Crippen molar-refractivity contribution in [2.45, 2.75) is 44.6 Å². The lowest BCUT2D eigenvalue weighted by Crippen LogP contribution is -2.29. The first-order valence-electron chi connectivity index (χ1n) is 5.65. The molecule has 1 aromatic carbocycles. The summed E-state index contributed by atoms with van der Waals surface area (Å²) in [5.41, 5.74) is 0.928. The second-order valence-electron chi connectivity index (χ2n) is 4.56. The Morgan fingerprint density at radius 1 is 1.13 bits per heavy atom. The zero-order valence-corrected chi connectivity index (χ0v) is 9.16. The highest BCUT2D eigenvalue weighted by molar-refractivity contribution is 5.43. The molecule has 1 aliphatic carbocycles. The molecule has 82 valence electrons. The van der Waals surface area contributed by atoms with Gasteiger partial charge in [0.15, 0.2) is 0 Å². The predicted octanol–water partition coefficient (Wildman–Crippen LogP) is 2.85. The molecule has 1 saturated carbocycles. The van der Waals surface area contributed by atoms with Crippen LogP contribution in [0.2, 0.25) is 0 Å². The molecule has 1 fully saturated rings. The predicted molar refractivity (Wildman–Crippen MR) is 59.8 cm³/mol. The highest BCUT2D eigenvalue weighted by Gasteiger charge is 2.34. The lowest BCUT2D eigenvalue weighted by molar-refractivity contribution is -0.00307. The van der Waals surface area contributed by atoms with Crippen molar-refractivity contribution in [1.82, 2.24) is 0 Å². The van der Waals surface area contributed by atoms with Crippen LogP contribution in [0.5, 0.6) is 5.75 Å². The molecule has 2 rings (SSSR count). The highest BCUT2D eigenvalue weighted by Crippen LogP contribution is 2.42. The summed E-state index contributed by atoms with van der Waals surface area (Å²) in [5, 5.41) is 20.4. The largest absolute Gasteiger partial charge is 0.508 e. The number of phenolic OH excluding ortho intramolecular Hbond substituents is 1. The van der Waals surface area contributed by atoms with Gasteiger partial charge in [-0.15, -0.1) is 0 Å². The maximum Gasteiger partial charge on any atom is 0.121 e. The number of aromatic hydroxyl groups is 1. The van der Waals surface area contributed by atoms with Crippen molar-refractivity contribution < 1.29 is 10.2 Å². The minimum absolute atomic E-state index is 0.236. The molecule has 0 atom stereocenters. The normalized spacial score (nSPS) is 20.1. The number of hydrogen-bond donors (Lipinski definition) is 2. The maximum atomic E-state index is 10.5. The summed E-state index contributed by atoms with van der Waals surface area (Å²) in [6.45, 7) is 1.95. The van der Waals surface area contributed by atoms with Crippen molar-refractivity contribution in [1.29, 1.82) is 0 Å². The highest BCUT2D eigenvalue weighted by atomic mass is 16.3. The topological polar surface area (TPSA) is 40.5 Å². The Labute approximate surface area is 90.6 Å². The lowest BCUT2D eigenvalue weighted by Gasteiger charge is -2.34. The van der Waals surface area contributed by atoms with Gasteiger partial charge in [0.25, 0.3) is 0 Å². The molecule has 0 unspecified atom stereocenters. The molecular weight excluding hydrogens is 188 g/mol. The molecule has 0 bridgehead atoms.